The van der Waals surface area contributed by atoms with Gasteiger partial charge in [-0.25, -0.2) is 0 Å². The summed E-state index contributed by atoms with van der Waals surface area (Å²) in [6, 6.07) is 14.2. The molecule has 0 saturated carbocycles. The molecule has 1 aromatic heterocycles. The number of anilines is 1. The lowest BCUT2D eigenvalue weighted by atomic mass is 9.94. The van der Waals surface area contributed by atoms with Gasteiger partial charge in [0.1, 0.15) is 0 Å². The van der Waals surface area contributed by atoms with Crippen molar-refractivity contribution in [3.05, 3.63) is 86.3 Å². The van der Waals surface area contributed by atoms with Crippen molar-refractivity contribution in [1.29, 1.82) is 0 Å². The van der Waals surface area contributed by atoms with Crippen molar-refractivity contribution in [3.8, 4) is 11.1 Å². The van der Waals surface area contributed by atoms with Crippen LogP contribution in [0.5, 0.6) is 0 Å². The number of nitrogens with one attached hydrogen (secondary N) is 2. The SMILES string of the molecule is CCC(CC)C(=O)N(CC)c1cc(-c2ccc(CN3CCOCC3)cc2)cc(C(=O)NCc2c(C)cc(C)[nH]c2=O)c1C. The van der Waals surface area contributed by atoms with E-state index >= 15 is 0 Å². The molecule has 4 rings (SSSR count). The van der Waals surface area contributed by atoms with Crippen LogP contribution < -0.4 is 15.8 Å². The molecule has 1 aliphatic heterocycles. The fourth-order valence-electron chi connectivity index (χ4n) is 5.87. The predicted octanol–water partition coefficient (Wildman–Crippen LogP) is 5.52. The Hall–Kier alpha value is -3.75. The van der Waals surface area contributed by atoms with Crippen molar-refractivity contribution in [1.82, 2.24) is 15.2 Å². The number of hydrogen-bond donors (Lipinski definition) is 2. The highest BCUT2D eigenvalue weighted by Gasteiger charge is 2.26. The number of aromatic amines is 1. The first-order valence-electron chi connectivity index (χ1n) is 15.5. The molecule has 1 fully saturated rings. The van der Waals surface area contributed by atoms with Crippen LogP contribution in [0.3, 0.4) is 0 Å². The quantitative estimate of drug-likeness (QED) is 0.309. The van der Waals surface area contributed by atoms with Gasteiger partial charge in [0.15, 0.2) is 0 Å². The number of amides is 2. The van der Waals surface area contributed by atoms with Gasteiger partial charge in [-0.05, 0) is 86.6 Å². The highest BCUT2D eigenvalue weighted by molar-refractivity contribution is 6.02. The normalized spacial score (nSPS) is 13.7. The van der Waals surface area contributed by atoms with Gasteiger partial charge in [0.25, 0.3) is 11.5 Å². The lowest BCUT2D eigenvalue weighted by molar-refractivity contribution is -0.122. The summed E-state index contributed by atoms with van der Waals surface area (Å²) in [5.41, 5.74) is 6.96. The molecule has 0 spiro atoms. The highest BCUT2D eigenvalue weighted by atomic mass is 16.5. The molecule has 8 nitrogen and oxygen atoms in total. The molecule has 0 unspecified atom stereocenters. The van der Waals surface area contributed by atoms with Gasteiger partial charge < -0.3 is 19.9 Å². The molecule has 43 heavy (non-hydrogen) atoms. The van der Waals surface area contributed by atoms with Crippen LogP contribution in [0.15, 0.2) is 47.3 Å². The topological polar surface area (TPSA) is 94.7 Å². The van der Waals surface area contributed by atoms with Gasteiger partial charge in [-0.3, -0.25) is 19.3 Å². The van der Waals surface area contributed by atoms with Crippen LogP contribution in [-0.4, -0.2) is 54.5 Å². The standard InChI is InChI=1S/C35H46N4O4/c1-7-27(8-2)35(42)39(9-3)32-20-29(28-12-10-26(11-13-28)22-38-14-16-43-17-15-38)19-30(25(32)6)33(40)36-21-31-23(4)18-24(5)37-34(31)41/h10-13,18-20,27H,7-9,14-17,21-22H2,1-6H3,(H,36,40)(H,37,41). The van der Waals surface area contributed by atoms with Gasteiger partial charge in [-0.15, -0.1) is 0 Å². The minimum absolute atomic E-state index is 0.0711. The van der Waals surface area contributed by atoms with Crippen LogP contribution >= 0.6 is 0 Å². The Morgan fingerprint density at radius 3 is 2.26 bits per heavy atom. The third-order valence-corrected chi connectivity index (χ3v) is 8.55. The number of pyridine rings is 1. The van der Waals surface area contributed by atoms with E-state index < -0.39 is 0 Å². The van der Waals surface area contributed by atoms with Crippen molar-refractivity contribution < 1.29 is 14.3 Å². The van der Waals surface area contributed by atoms with Gasteiger partial charge in [0, 0.05) is 61.1 Å². The molecule has 2 heterocycles. The van der Waals surface area contributed by atoms with Gasteiger partial charge >= 0.3 is 0 Å². The zero-order valence-corrected chi connectivity index (χ0v) is 26.5. The highest BCUT2D eigenvalue weighted by Crippen LogP contribution is 2.33. The van der Waals surface area contributed by atoms with Crippen molar-refractivity contribution in [3.63, 3.8) is 0 Å². The molecular weight excluding hydrogens is 540 g/mol. The molecule has 0 aliphatic carbocycles. The summed E-state index contributed by atoms with van der Waals surface area (Å²) in [4.78, 5) is 47.0. The van der Waals surface area contributed by atoms with E-state index in [1.807, 2.05) is 64.6 Å². The van der Waals surface area contributed by atoms with E-state index in [4.69, 9.17) is 4.74 Å². The summed E-state index contributed by atoms with van der Waals surface area (Å²) >= 11 is 0. The first-order valence-corrected chi connectivity index (χ1v) is 15.5. The number of rotatable bonds is 11. The van der Waals surface area contributed by atoms with Crippen molar-refractivity contribution in [2.75, 3.05) is 37.7 Å². The van der Waals surface area contributed by atoms with E-state index in [1.165, 1.54) is 5.56 Å². The summed E-state index contributed by atoms with van der Waals surface area (Å²) < 4.78 is 5.48. The van der Waals surface area contributed by atoms with Gasteiger partial charge in [0.05, 0.1) is 13.2 Å². The Balaban J connectivity index is 1.71. The van der Waals surface area contributed by atoms with Gasteiger partial charge in [-0.1, -0.05) is 38.1 Å². The number of carbonyl (C=O) groups excluding carboxylic acids is 2. The Labute approximate surface area is 255 Å². The maximum absolute atomic E-state index is 13.7. The fraction of sp³-hybridized carbons (Fsp3) is 0.457. The summed E-state index contributed by atoms with van der Waals surface area (Å²) in [5.74, 6) is -0.298. The number of hydrogen-bond acceptors (Lipinski definition) is 5. The number of aromatic nitrogens is 1. The molecule has 2 N–H and O–H groups in total. The second-order valence-electron chi connectivity index (χ2n) is 11.5. The second-order valence-corrected chi connectivity index (χ2v) is 11.5. The third kappa shape index (κ3) is 7.61. The zero-order valence-electron chi connectivity index (χ0n) is 26.5. The number of ether oxygens (including phenoxy) is 1. The minimum Gasteiger partial charge on any atom is -0.379 e. The molecule has 0 bridgehead atoms. The number of aryl methyl sites for hydroxylation is 2. The second kappa shape index (κ2) is 14.6. The smallest absolute Gasteiger partial charge is 0.253 e. The van der Waals surface area contributed by atoms with Crippen molar-refractivity contribution in [2.45, 2.75) is 67.5 Å². The maximum atomic E-state index is 13.7. The van der Waals surface area contributed by atoms with E-state index in [0.29, 0.717) is 17.7 Å². The first kappa shape index (κ1) is 32.2. The Morgan fingerprint density at radius 2 is 1.65 bits per heavy atom. The van der Waals surface area contributed by atoms with E-state index in [-0.39, 0.29) is 29.8 Å². The van der Waals surface area contributed by atoms with Crippen LogP contribution in [0.25, 0.3) is 11.1 Å². The molecule has 8 heteroatoms. The average molecular weight is 587 g/mol. The largest absolute Gasteiger partial charge is 0.379 e. The van der Waals surface area contributed by atoms with Gasteiger partial charge in [0.2, 0.25) is 5.91 Å². The number of morpholine rings is 1. The predicted molar refractivity (Wildman–Crippen MR) is 173 cm³/mol. The average Bonchev–Trinajstić information content (AvgIpc) is 2.99. The molecule has 1 aliphatic rings. The maximum Gasteiger partial charge on any atom is 0.253 e. The Bertz CT molecular complexity index is 1480. The van der Waals surface area contributed by atoms with E-state index in [2.05, 4.69) is 39.5 Å². The van der Waals surface area contributed by atoms with Crippen LogP contribution in [0, 0.1) is 26.7 Å². The zero-order chi connectivity index (χ0) is 31.1. The monoisotopic (exact) mass is 586 g/mol. The number of benzene rings is 2. The molecule has 0 atom stereocenters. The van der Waals surface area contributed by atoms with Crippen molar-refractivity contribution >= 4 is 17.5 Å². The number of H-pyrrole nitrogens is 1. The van der Waals surface area contributed by atoms with Crippen molar-refractivity contribution in [2.24, 2.45) is 5.92 Å². The molecule has 2 aromatic carbocycles. The third-order valence-electron chi connectivity index (χ3n) is 8.55. The van der Waals surface area contributed by atoms with Crippen LogP contribution in [-0.2, 0) is 22.6 Å². The molecule has 2 amide bonds. The summed E-state index contributed by atoms with van der Waals surface area (Å²) in [6.07, 6.45) is 1.51. The number of nitrogens with zero attached hydrogens (tertiary/aromatic N) is 2. The molecular formula is C35H46N4O4. The molecule has 230 valence electrons. The van der Waals surface area contributed by atoms with E-state index in [1.54, 1.807) is 0 Å². The van der Waals surface area contributed by atoms with Crippen LogP contribution in [0.4, 0.5) is 5.69 Å². The molecule has 1 saturated heterocycles. The first-order chi connectivity index (χ1) is 20.7. The molecule has 0 radical (unpaired) electrons. The van der Waals surface area contributed by atoms with E-state index in [9.17, 15) is 14.4 Å². The number of carbonyl (C=O) groups is 2. The summed E-state index contributed by atoms with van der Waals surface area (Å²) in [6.45, 7) is 16.5. The molecule has 3 aromatic rings. The van der Waals surface area contributed by atoms with Crippen LogP contribution in [0.1, 0.15) is 71.9 Å². The lowest BCUT2D eigenvalue weighted by Gasteiger charge is -2.28. The fourth-order valence-corrected chi connectivity index (χ4v) is 5.87. The Kier molecular flexibility index (Phi) is 10.9. The summed E-state index contributed by atoms with van der Waals surface area (Å²) in [7, 11) is 0. The minimum atomic E-state index is -0.282. The summed E-state index contributed by atoms with van der Waals surface area (Å²) in [5, 5.41) is 2.97. The van der Waals surface area contributed by atoms with Crippen LogP contribution in [0.2, 0.25) is 0 Å². The lowest BCUT2D eigenvalue weighted by Crippen LogP contribution is -2.37. The van der Waals surface area contributed by atoms with Gasteiger partial charge in [-0.2, -0.15) is 0 Å². The van der Waals surface area contributed by atoms with E-state index in [0.717, 1.165) is 79.3 Å². The Morgan fingerprint density at radius 1 is 0.977 bits per heavy atom.